The summed E-state index contributed by atoms with van der Waals surface area (Å²) in [6.07, 6.45) is 0.488. The summed E-state index contributed by atoms with van der Waals surface area (Å²) < 4.78 is 1.17. The molecular formula is C14H15NOS3. The second kappa shape index (κ2) is 5.85. The Morgan fingerprint density at radius 1 is 1.32 bits per heavy atom. The summed E-state index contributed by atoms with van der Waals surface area (Å²) in [7, 11) is 0. The van der Waals surface area contributed by atoms with E-state index in [-0.39, 0.29) is 5.25 Å². The van der Waals surface area contributed by atoms with Crippen LogP contribution in [-0.4, -0.2) is 32.8 Å². The molecule has 3 rings (SSSR count). The van der Waals surface area contributed by atoms with Crippen LogP contribution in [0.1, 0.15) is 11.9 Å². The van der Waals surface area contributed by atoms with Crippen LogP contribution >= 0.6 is 34.9 Å². The molecule has 100 valence electrons. The molecule has 2 atom stereocenters. The standard InChI is InChI=1S/C14H15NOS3/c1-9-14(18-7-6-17-9)11(16)8-13-15-10-4-2-3-5-12(10)19-13/h2-5,9,14H,6-8H2,1H3. The second-order valence-electron chi connectivity index (χ2n) is 4.59. The lowest BCUT2D eigenvalue weighted by Crippen LogP contribution is -2.32. The first-order valence-electron chi connectivity index (χ1n) is 6.34. The summed E-state index contributed by atoms with van der Waals surface area (Å²) in [5, 5.41) is 1.53. The number of fused-ring (bicyclic) bond motifs is 1. The third-order valence-electron chi connectivity index (χ3n) is 3.17. The molecule has 1 fully saturated rings. The van der Waals surface area contributed by atoms with Crippen molar-refractivity contribution in [3.63, 3.8) is 0 Å². The van der Waals surface area contributed by atoms with E-state index in [4.69, 9.17) is 0 Å². The van der Waals surface area contributed by atoms with Gasteiger partial charge in [0.15, 0.2) is 5.78 Å². The number of carbonyl (C=O) groups excluding carboxylic acids is 1. The molecule has 19 heavy (non-hydrogen) atoms. The zero-order chi connectivity index (χ0) is 13.2. The first-order valence-corrected chi connectivity index (χ1v) is 9.26. The number of ketones is 1. The van der Waals surface area contributed by atoms with E-state index in [9.17, 15) is 4.79 Å². The van der Waals surface area contributed by atoms with Crippen molar-refractivity contribution >= 4 is 50.9 Å². The van der Waals surface area contributed by atoms with Gasteiger partial charge in [-0.25, -0.2) is 4.98 Å². The number of hydrogen-bond donors (Lipinski definition) is 0. The van der Waals surface area contributed by atoms with Crippen molar-refractivity contribution in [1.82, 2.24) is 4.98 Å². The highest BCUT2D eigenvalue weighted by atomic mass is 32.2. The Labute approximate surface area is 125 Å². The van der Waals surface area contributed by atoms with Crippen LogP contribution in [0.25, 0.3) is 10.2 Å². The summed E-state index contributed by atoms with van der Waals surface area (Å²) in [5.41, 5.74) is 1.01. The lowest BCUT2D eigenvalue weighted by Gasteiger charge is -2.26. The fourth-order valence-corrected chi connectivity index (χ4v) is 5.94. The maximum atomic E-state index is 12.4. The van der Waals surface area contributed by atoms with E-state index >= 15 is 0 Å². The highest BCUT2D eigenvalue weighted by molar-refractivity contribution is 8.07. The van der Waals surface area contributed by atoms with Gasteiger partial charge < -0.3 is 0 Å². The van der Waals surface area contributed by atoms with Gasteiger partial charge >= 0.3 is 0 Å². The summed E-state index contributed by atoms with van der Waals surface area (Å²) in [5.74, 6) is 2.59. The molecule has 2 nitrogen and oxygen atoms in total. The SMILES string of the molecule is CC1SCCSC1C(=O)Cc1nc2ccccc2s1. The number of thiazole rings is 1. The zero-order valence-electron chi connectivity index (χ0n) is 10.7. The maximum absolute atomic E-state index is 12.4. The van der Waals surface area contributed by atoms with Gasteiger partial charge in [-0.05, 0) is 12.1 Å². The molecule has 2 heterocycles. The summed E-state index contributed by atoms with van der Waals surface area (Å²) in [6.45, 7) is 2.16. The molecule has 0 saturated carbocycles. The van der Waals surface area contributed by atoms with Crippen LogP contribution in [-0.2, 0) is 11.2 Å². The van der Waals surface area contributed by atoms with Crippen LogP contribution in [0.4, 0.5) is 0 Å². The number of thioether (sulfide) groups is 2. The van der Waals surface area contributed by atoms with E-state index in [2.05, 4.69) is 18.0 Å². The molecule has 1 aliphatic heterocycles. The van der Waals surface area contributed by atoms with E-state index in [1.807, 2.05) is 41.7 Å². The fourth-order valence-electron chi connectivity index (χ4n) is 2.23. The van der Waals surface area contributed by atoms with Gasteiger partial charge in [-0.2, -0.15) is 11.8 Å². The van der Waals surface area contributed by atoms with Crippen molar-refractivity contribution in [2.24, 2.45) is 0 Å². The molecular weight excluding hydrogens is 294 g/mol. The third-order valence-corrected chi connectivity index (χ3v) is 7.34. The minimum atomic E-state index is 0.144. The van der Waals surface area contributed by atoms with Gasteiger partial charge in [-0.3, -0.25) is 4.79 Å². The molecule has 1 aromatic carbocycles. The van der Waals surface area contributed by atoms with Gasteiger partial charge in [-0.1, -0.05) is 19.1 Å². The minimum absolute atomic E-state index is 0.144. The number of nitrogens with zero attached hydrogens (tertiary/aromatic N) is 1. The van der Waals surface area contributed by atoms with Crippen molar-refractivity contribution in [1.29, 1.82) is 0 Å². The number of carbonyl (C=O) groups is 1. The van der Waals surface area contributed by atoms with Crippen molar-refractivity contribution in [3.05, 3.63) is 29.3 Å². The monoisotopic (exact) mass is 309 g/mol. The smallest absolute Gasteiger partial charge is 0.153 e. The van der Waals surface area contributed by atoms with Crippen molar-refractivity contribution < 1.29 is 4.79 Å². The first kappa shape index (κ1) is 13.5. The Morgan fingerprint density at radius 2 is 2.11 bits per heavy atom. The number of aromatic nitrogens is 1. The first-order chi connectivity index (χ1) is 9.24. The number of Topliss-reactive ketones (excluding diaryl/α,β-unsaturated/α-hetero) is 1. The van der Waals surface area contributed by atoms with Crippen molar-refractivity contribution in [2.75, 3.05) is 11.5 Å². The van der Waals surface area contributed by atoms with Crippen LogP contribution in [0.15, 0.2) is 24.3 Å². The number of rotatable bonds is 3. The average Bonchev–Trinajstić information content (AvgIpc) is 2.81. The van der Waals surface area contributed by atoms with Gasteiger partial charge in [0, 0.05) is 16.8 Å². The molecule has 1 saturated heterocycles. The van der Waals surface area contributed by atoms with E-state index in [1.54, 1.807) is 11.3 Å². The van der Waals surface area contributed by atoms with Crippen LogP contribution in [0, 0.1) is 0 Å². The molecule has 2 aromatic rings. The molecule has 2 unspecified atom stereocenters. The summed E-state index contributed by atoms with van der Waals surface area (Å²) in [6, 6.07) is 8.08. The highest BCUT2D eigenvalue weighted by Gasteiger charge is 2.29. The second-order valence-corrected chi connectivity index (χ2v) is 8.44. The normalized spacial score (nSPS) is 23.6. The molecule has 1 aromatic heterocycles. The van der Waals surface area contributed by atoms with E-state index in [1.165, 1.54) is 4.70 Å². The molecule has 0 bridgehead atoms. The Kier molecular flexibility index (Phi) is 4.15. The quantitative estimate of drug-likeness (QED) is 0.866. The molecule has 5 heteroatoms. The maximum Gasteiger partial charge on any atom is 0.153 e. The van der Waals surface area contributed by atoms with Gasteiger partial charge in [0.05, 0.1) is 21.9 Å². The largest absolute Gasteiger partial charge is 0.298 e. The van der Waals surface area contributed by atoms with Crippen LogP contribution in [0.5, 0.6) is 0 Å². The van der Waals surface area contributed by atoms with E-state index in [0.29, 0.717) is 17.5 Å². The van der Waals surface area contributed by atoms with Gasteiger partial charge in [0.2, 0.25) is 0 Å². The van der Waals surface area contributed by atoms with Gasteiger partial charge in [0.1, 0.15) is 5.01 Å². The van der Waals surface area contributed by atoms with Crippen LogP contribution in [0.3, 0.4) is 0 Å². The number of para-hydroxylation sites is 1. The number of hydrogen-bond acceptors (Lipinski definition) is 5. The lowest BCUT2D eigenvalue weighted by molar-refractivity contribution is -0.117. The van der Waals surface area contributed by atoms with Crippen LogP contribution in [0.2, 0.25) is 0 Å². The minimum Gasteiger partial charge on any atom is -0.298 e. The Balaban J connectivity index is 1.75. The van der Waals surface area contributed by atoms with Crippen molar-refractivity contribution in [3.8, 4) is 0 Å². The van der Waals surface area contributed by atoms with Gasteiger partial charge in [-0.15, -0.1) is 23.1 Å². The predicted molar refractivity (Wildman–Crippen MR) is 86.5 cm³/mol. The average molecular weight is 309 g/mol. The molecule has 0 N–H and O–H groups in total. The topological polar surface area (TPSA) is 30.0 Å². The van der Waals surface area contributed by atoms with Gasteiger partial charge in [0.25, 0.3) is 0 Å². The summed E-state index contributed by atoms with van der Waals surface area (Å²) >= 11 is 5.37. The summed E-state index contributed by atoms with van der Waals surface area (Å²) in [4.78, 5) is 16.9. The molecule has 0 aliphatic carbocycles. The fraction of sp³-hybridized carbons (Fsp3) is 0.429. The zero-order valence-corrected chi connectivity index (χ0v) is 13.1. The predicted octanol–water partition coefficient (Wildman–Crippen LogP) is 3.65. The third kappa shape index (κ3) is 2.98. The molecule has 0 amide bonds. The van der Waals surface area contributed by atoms with E-state index < -0.39 is 0 Å². The lowest BCUT2D eigenvalue weighted by atomic mass is 10.2. The Bertz CT molecular complexity index is 562. The Morgan fingerprint density at radius 3 is 2.89 bits per heavy atom. The van der Waals surface area contributed by atoms with Crippen LogP contribution < -0.4 is 0 Å². The van der Waals surface area contributed by atoms with E-state index in [0.717, 1.165) is 22.0 Å². The molecule has 1 aliphatic rings. The molecule has 0 radical (unpaired) electrons. The molecule has 0 spiro atoms. The number of benzene rings is 1. The Hall–Kier alpha value is -0.520. The highest BCUT2D eigenvalue weighted by Crippen LogP contribution is 2.32. The van der Waals surface area contributed by atoms with Crippen molar-refractivity contribution in [2.45, 2.75) is 23.8 Å².